The second-order valence-electron chi connectivity index (χ2n) is 7.35. The molecule has 0 aromatic heterocycles. The highest BCUT2D eigenvalue weighted by molar-refractivity contribution is 7.91. The molecule has 2 atom stereocenters. The van der Waals surface area contributed by atoms with Gasteiger partial charge in [-0.25, -0.2) is 8.42 Å². The van der Waals surface area contributed by atoms with E-state index in [1.807, 2.05) is 36.4 Å². The quantitative estimate of drug-likeness (QED) is 0.897. The predicted molar refractivity (Wildman–Crippen MR) is 103 cm³/mol. The number of carbonyl (C=O) groups is 1. The number of rotatable bonds is 3. The molecule has 1 N–H and O–H groups in total. The van der Waals surface area contributed by atoms with Gasteiger partial charge in [0.1, 0.15) is 0 Å². The summed E-state index contributed by atoms with van der Waals surface area (Å²) in [6.07, 6.45) is 3.39. The van der Waals surface area contributed by atoms with Crippen molar-refractivity contribution in [2.45, 2.75) is 31.3 Å². The molecular weight excluding hydrogens is 348 g/mol. The normalized spacial score (nSPS) is 26.0. The Morgan fingerprint density at radius 1 is 0.962 bits per heavy atom. The van der Waals surface area contributed by atoms with E-state index in [1.54, 1.807) is 6.07 Å². The minimum absolute atomic E-state index is 0.0324. The zero-order valence-corrected chi connectivity index (χ0v) is 15.5. The molecule has 2 heterocycles. The molecule has 4 rings (SSSR count). The van der Waals surface area contributed by atoms with Crippen LogP contribution in [0.1, 0.15) is 29.6 Å². The van der Waals surface area contributed by atoms with Crippen molar-refractivity contribution in [1.82, 2.24) is 10.2 Å². The second-order valence-corrected chi connectivity index (χ2v) is 9.50. The summed E-state index contributed by atoms with van der Waals surface area (Å²) in [5, 5.41) is 4.93. The molecule has 6 heteroatoms. The summed E-state index contributed by atoms with van der Waals surface area (Å²) in [6, 6.07) is 12.9. The van der Waals surface area contributed by atoms with Gasteiger partial charge in [0.05, 0.1) is 17.5 Å². The monoisotopic (exact) mass is 372 g/mol. The van der Waals surface area contributed by atoms with E-state index in [4.69, 9.17) is 0 Å². The number of sulfone groups is 1. The van der Waals surface area contributed by atoms with E-state index in [-0.39, 0.29) is 29.5 Å². The zero-order valence-electron chi connectivity index (χ0n) is 14.7. The molecule has 0 bridgehead atoms. The molecule has 2 aliphatic heterocycles. The van der Waals surface area contributed by atoms with Crippen molar-refractivity contribution < 1.29 is 13.2 Å². The Balaban J connectivity index is 1.58. The molecular formula is C20H24N2O3S. The van der Waals surface area contributed by atoms with Crippen LogP contribution in [0.3, 0.4) is 0 Å². The van der Waals surface area contributed by atoms with Gasteiger partial charge >= 0.3 is 0 Å². The number of hydrogen-bond acceptors (Lipinski definition) is 4. The Labute approximate surface area is 154 Å². The first kappa shape index (κ1) is 17.5. The van der Waals surface area contributed by atoms with Crippen LogP contribution in [-0.2, 0) is 9.84 Å². The number of nitrogens with one attached hydrogen (secondary N) is 1. The molecule has 0 radical (unpaired) electrons. The van der Waals surface area contributed by atoms with Crippen molar-refractivity contribution in [3.05, 3.63) is 48.0 Å². The van der Waals surface area contributed by atoms with Gasteiger partial charge in [0.25, 0.3) is 5.91 Å². The van der Waals surface area contributed by atoms with Crippen LogP contribution in [0.4, 0.5) is 0 Å². The molecule has 0 aliphatic carbocycles. The van der Waals surface area contributed by atoms with Gasteiger partial charge in [-0.05, 0) is 42.8 Å². The van der Waals surface area contributed by atoms with Crippen molar-refractivity contribution in [3.8, 4) is 0 Å². The summed E-state index contributed by atoms with van der Waals surface area (Å²) in [4.78, 5) is 15.2. The number of nitrogens with zero attached hydrogens (tertiary/aromatic N) is 1. The van der Waals surface area contributed by atoms with Gasteiger partial charge in [-0.15, -0.1) is 0 Å². The fourth-order valence-corrected chi connectivity index (χ4v) is 6.20. The molecule has 2 fully saturated rings. The van der Waals surface area contributed by atoms with Gasteiger partial charge in [0.2, 0.25) is 0 Å². The molecule has 0 saturated carbocycles. The standard InChI is InChI=1S/C20H24N2O3S/c23-20(17-10-6-8-15-7-2-3-9-16(15)17)21-18-13-26(24,25)14-19(18)22-11-4-1-5-12-22/h2-3,6-10,18-19H,1,4-5,11-14H2,(H,21,23). The van der Waals surface area contributed by atoms with Crippen LogP contribution in [0.25, 0.3) is 10.8 Å². The minimum atomic E-state index is -3.12. The highest BCUT2D eigenvalue weighted by atomic mass is 32.2. The Hall–Kier alpha value is -1.92. The molecule has 2 unspecified atom stereocenters. The first-order valence-electron chi connectivity index (χ1n) is 9.27. The van der Waals surface area contributed by atoms with Crippen LogP contribution in [0.5, 0.6) is 0 Å². The number of piperidine rings is 1. The molecule has 2 aromatic carbocycles. The summed E-state index contributed by atoms with van der Waals surface area (Å²) < 4.78 is 24.5. The first-order chi connectivity index (χ1) is 12.5. The van der Waals surface area contributed by atoms with E-state index in [0.717, 1.165) is 36.7 Å². The molecule has 1 amide bonds. The minimum Gasteiger partial charge on any atom is -0.347 e. The second kappa shape index (κ2) is 7.00. The highest BCUT2D eigenvalue weighted by Crippen LogP contribution is 2.24. The van der Waals surface area contributed by atoms with Crippen LogP contribution in [0.15, 0.2) is 42.5 Å². The van der Waals surface area contributed by atoms with Crippen LogP contribution in [-0.4, -0.2) is 55.9 Å². The molecule has 2 saturated heterocycles. The third-order valence-corrected chi connectivity index (χ3v) is 7.25. The van der Waals surface area contributed by atoms with E-state index in [0.29, 0.717) is 5.56 Å². The lowest BCUT2D eigenvalue weighted by Crippen LogP contribution is -2.52. The summed E-state index contributed by atoms with van der Waals surface area (Å²) >= 11 is 0. The zero-order chi connectivity index (χ0) is 18.1. The number of benzene rings is 2. The van der Waals surface area contributed by atoms with E-state index in [9.17, 15) is 13.2 Å². The van der Waals surface area contributed by atoms with Gasteiger partial charge in [-0.2, -0.15) is 0 Å². The van der Waals surface area contributed by atoms with Crippen molar-refractivity contribution in [1.29, 1.82) is 0 Å². The molecule has 5 nitrogen and oxygen atoms in total. The van der Waals surface area contributed by atoms with Crippen LogP contribution in [0.2, 0.25) is 0 Å². The van der Waals surface area contributed by atoms with Gasteiger partial charge in [0.15, 0.2) is 9.84 Å². The third kappa shape index (κ3) is 3.48. The SMILES string of the molecule is O=C(NC1CS(=O)(=O)CC1N1CCCCC1)c1cccc2ccccc12. The van der Waals surface area contributed by atoms with E-state index in [2.05, 4.69) is 10.2 Å². The Morgan fingerprint density at radius 2 is 1.69 bits per heavy atom. The molecule has 2 aliphatic rings. The lowest BCUT2D eigenvalue weighted by Gasteiger charge is -2.35. The maximum atomic E-state index is 12.9. The van der Waals surface area contributed by atoms with Crippen LogP contribution in [0, 0.1) is 0 Å². The topological polar surface area (TPSA) is 66.5 Å². The van der Waals surface area contributed by atoms with Crippen LogP contribution < -0.4 is 5.32 Å². The van der Waals surface area contributed by atoms with Crippen molar-refractivity contribution in [3.63, 3.8) is 0 Å². The number of carbonyl (C=O) groups excluding carboxylic acids is 1. The molecule has 2 aromatic rings. The van der Waals surface area contributed by atoms with Crippen LogP contribution >= 0.6 is 0 Å². The fourth-order valence-electron chi connectivity index (χ4n) is 4.25. The lowest BCUT2D eigenvalue weighted by molar-refractivity contribution is 0.0901. The van der Waals surface area contributed by atoms with E-state index < -0.39 is 9.84 Å². The summed E-state index contributed by atoms with van der Waals surface area (Å²) in [6.45, 7) is 1.83. The van der Waals surface area contributed by atoms with Gasteiger partial charge in [-0.3, -0.25) is 9.69 Å². The Morgan fingerprint density at radius 3 is 2.50 bits per heavy atom. The lowest BCUT2D eigenvalue weighted by atomic mass is 10.0. The maximum absolute atomic E-state index is 12.9. The summed E-state index contributed by atoms with van der Waals surface area (Å²) in [7, 11) is -3.12. The summed E-state index contributed by atoms with van der Waals surface area (Å²) in [5.41, 5.74) is 0.602. The molecule has 138 valence electrons. The largest absolute Gasteiger partial charge is 0.347 e. The van der Waals surface area contributed by atoms with Gasteiger partial charge < -0.3 is 5.32 Å². The maximum Gasteiger partial charge on any atom is 0.252 e. The third-order valence-electron chi connectivity index (χ3n) is 5.53. The molecule has 0 spiro atoms. The number of hydrogen-bond donors (Lipinski definition) is 1. The summed E-state index contributed by atoms with van der Waals surface area (Å²) in [5.74, 6) is -0.0102. The van der Waals surface area contributed by atoms with Crippen molar-refractivity contribution in [2.24, 2.45) is 0 Å². The van der Waals surface area contributed by atoms with Crippen molar-refractivity contribution >= 4 is 26.5 Å². The first-order valence-corrected chi connectivity index (χ1v) is 11.1. The smallest absolute Gasteiger partial charge is 0.252 e. The molecule has 26 heavy (non-hydrogen) atoms. The van der Waals surface area contributed by atoms with Gasteiger partial charge in [0, 0.05) is 11.6 Å². The fraction of sp³-hybridized carbons (Fsp3) is 0.450. The number of likely N-dealkylation sites (tertiary alicyclic amines) is 1. The number of amides is 1. The Kier molecular flexibility index (Phi) is 4.71. The number of fused-ring (bicyclic) bond motifs is 1. The van der Waals surface area contributed by atoms with Gasteiger partial charge in [-0.1, -0.05) is 42.8 Å². The van der Waals surface area contributed by atoms with E-state index >= 15 is 0 Å². The van der Waals surface area contributed by atoms with Crippen molar-refractivity contribution in [2.75, 3.05) is 24.6 Å². The predicted octanol–water partition coefficient (Wildman–Crippen LogP) is 2.22. The highest BCUT2D eigenvalue weighted by Gasteiger charge is 2.42. The average molecular weight is 372 g/mol. The van der Waals surface area contributed by atoms with E-state index in [1.165, 1.54) is 6.42 Å². The average Bonchev–Trinajstić information content (AvgIpc) is 2.96. The Bertz CT molecular complexity index is 914.